The number of carbonyl (C=O) groups is 1. The summed E-state index contributed by atoms with van der Waals surface area (Å²) in [5.41, 5.74) is 3.01. The summed E-state index contributed by atoms with van der Waals surface area (Å²) in [7, 11) is 3.23. The fourth-order valence-electron chi connectivity index (χ4n) is 5.08. The van der Waals surface area contributed by atoms with Crippen LogP contribution in [0.4, 0.5) is 23.0 Å². The van der Waals surface area contributed by atoms with E-state index < -0.39 is 0 Å². The van der Waals surface area contributed by atoms with E-state index in [4.69, 9.17) is 19.4 Å². The van der Waals surface area contributed by atoms with E-state index in [0.29, 0.717) is 42.3 Å². The summed E-state index contributed by atoms with van der Waals surface area (Å²) in [4.78, 5) is 25.7. The van der Waals surface area contributed by atoms with Crippen LogP contribution in [-0.4, -0.2) is 54.1 Å². The van der Waals surface area contributed by atoms with Gasteiger partial charge < -0.3 is 24.8 Å². The average Bonchev–Trinajstić information content (AvgIpc) is 3.55. The first-order valence-corrected chi connectivity index (χ1v) is 14.8. The molecule has 9 nitrogen and oxygen atoms in total. The summed E-state index contributed by atoms with van der Waals surface area (Å²) in [5, 5.41) is 6.42. The first-order chi connectivity index (χ1) is 20.5. The Balaban J connectivity index is 1.31. The van der Waals surface area contributed by atoms with Gasteiger partial charge in [0.1, 0.15) is 11.5 Å². The molecule has 0 unspecified atom stereocenters. The third-order valence-corrected chi connectivity index (χ3v) is 7.90. The molecular weight excluding hydrogens is 548 g/mol. The minimum Gasteiger partial charge on any atom is -0.497 e. The molecule has 218 valence electrons. The number of nitrogens with one attached hydrogen (secondary N) is 3. The van der Waals surface area contributed by atoms with Crippen molar-refractivity contribution in [2.45, 2.75) is 36.6 Å². The Hall–Kier alpha value is -4.28. The molecule has 3 aromatic carbocycles. The number of hydrogen-bond donors (Lipinski definition) is 3. The molecule has 0 bridgehead atoms. The molecule has 0 spiro atoms. The third kappa shape index (κ3) is 7.51. The predicted molar refractivity (Wildman–Crippen MR) is 171 cm³/mol. The van der Waals surface area contributed by atoms with Crippen LogP contribution in [0, 0.1) is 0 Å². The molecule has 1 amide bonds. The summed E-state index contributed by atoms with van der Waals surface area (Å²) >= 11 is 1.39. The third-order valence-electron chi connectivity index (χ3n) is 7.12. The number of amides is 1. The fourth-order valence-corrected chi connectivity index (χ4v) is 5.77. The molecule has 0 radical (unpaired) electrons. The molecule has 4 aromatic rings. The molecule has 0 atom stereocenters. The summed E-state index contributed by atoms with van der Waals surface area (Å²) in [5.74, 6) is 2.40. The van der Waals surface area contributed by atoms with Crippen molar-refractivity contribution in [3.63, 3.8) is 0 Å². The second kappa shape index (κ2) is 14.1. The van der Waals surface area contributed by atoms with Gasteiger partial charge in [0.25, 0.3) is 0 Å². The lowest BCUT2D eigenvalue weighted by molar-refractivity contribution is -0.117. The number of carbonyl (C=O) groups excluding carboxylic acids is 1. The Labute approximate surface area is 250 Å². The SMILES string of the molecule is C=CCN(CC(=O)Nc1cccc(SNc2nc3ccccc3nc2Nc2cc(OC)cc(OC)c2)c1)C1CCCC1. The van der Waals surface area contributed by atoms with Crippen molar-refractivity contribution in [3.05, 3.63) is 79.4 Å². The molecule has 1 aromatic heterocycles. The second-order valence-corrected chi connectivity index (χ2v) is 11.0. The molecule has 1 aliphatic carbocycles. The summed E-state index contributed by atoms with van der Waals surface area (Å²) in [6.07, 6.45) is 6.59. The Morgan fingerprint density at radius 2 is 1.64 bits per heavy atom. The van der Waals surface area contributed by atoms with Gasteiger partial charge in [-0.2, -0.15) is 0 Å². The Morgan fingerprint density at radius 1 is 0.952 bits per heavy atom. The van der Waals surface area contributed by atoms with Crippen LogP contribution in [0.5, 0.6) is 11.5 Å². The van der Waals surface area contributed by atoms with E-state index in [1.807, 2.05) is 72.8 Å². The van der Waals surface area contributed by atoms with Crippen LogP contribution in [0.1, 0.15) is 25.7 Å². The number of ether oxygens (including phenoxy) is 2. The van der Waals surface area contributed by atoms with Crippen LogP contribution >= 0.6 is 11.9 Å². The predicted octanol–water partition coefficient (Wildman–Crippen LogP) is 6.88. The number of hydrogen-bond acceptors (Lipinski definition) is 9. The van der Waals surface area contributed by atoms with Gasteiger partial charge in [0.05, 0.1) is 31.8 Å². The molecule has 3 N–H and O–H groups in total. The van der Waals surface area contributed by atoms with Crippen LogP contribution in [0.2, 0.25) is 0 Å². The number of para-hydroxylation sites is 2. The van der Waals surface area contributed by atoms with E-state index in [1.165, 1.54) is 24.8 Å². The van der Waals surface area contributed by atoms with E-state index in [9.17, 15) is 4.79 Å². The molecular formula is C32H36N6O3S. The number of methoxy groups -OCH3 is 2. The van der Waals surface area contributed by atoms with Crippen molar-refractivity contribution in [3.8, 4) is 11.5 Å². The van der Waals surface area contributed by atoms with Crippen LogP contribution in [0.15, 0.2) is 84.3 Å². The number of nitrogens with zero attached hydrogens (tertiary/aromatic N) is 3. The highest BCUT2D eigenvalue weighted by Crippen LogP contribution is 2.33. The minimum atomic E-state index is -0.0283. The smallest absolute Gasteiger partial charge is 0.238 e. The second-order valence-electron chi connectivity index (χ2n) is 10.1. The number of benzene rings is 3. The lowest BCUT2D eigenvalue weighted by Crippen LogP contribution is -2.39. The van der Waals surface area contributed by atoms with Gasteiger partial charge in [-0.1, -0.05) is 37.1 Å². The quantitative estimate of drug-likeness (QED) is 0.115. The van der Waals surface area contributed by atoms with E-state index in [2.05, 4.69) is 26.8 Å². The maximum Gasteiger partial charge on any atom is 0.238 e. The molecule has 0 saturated heterocycles. The highest BCUT2D eigenvalue weighted by molar-refractivity contribution is 8.00. The Kier molecular flexibility index (Phi) is 9.78. The topological polar surface area (TPSA) is 101 Å². The molecule has 10 heteroatoms. The van der Waals surface area contributed by atoms with Gasteiger partial charge in [-0.3, -0.25) is 9.69 Å². The highest BCUT2D eigenvalue weighted by atomic mass is 32.2. The molecule has 42 heavy (non-hydrogen) atoms. The van der Waals surface area contributed by atoms with Crippen molar-refractivity contribution < 1.29 is 14.3 Å². The maximum absolute atomic E-state index is 12.9. The van der Waals surface area contributed by atoms with Gasteiger partial charge in [0, 0.05) is 47.1 Å². The van der Waals surface area contributed by atoms with Crippen LogP contribution < -0.4 is 24.8 Å². The largest absolute Gasteiger partial charge is 0.497 e. The zero-order valence-corrected chi connectivity index (χ0v) is 24.7. The Bertz CT molecular complexity index is 1520. The van der Waals surface area contributed by atoms with Gasteiger partial charge in [-0.25, -0.2) is 9.97 Å². The van der Waals surface area contributed by atoms with E-state index in [-0.39, 0.29) is 5.91 Å². The number of aromatic nitrogens is 2. The van der Waals surface area contributed by atoms with Gasteiger partial charge in [-0.15, -0.1) is 6.58 Å². The number of anilines is 4. The summed E-state index contributed by atoms with van der Waals surface area (Å²) in [6.45, 7) is 4.94. The van der Waals surface area contributed by atoms with Crippen LogP contribution in [-0.2, 0) is 4.79 Å². The van der Waals surface area contributed by atoms with Crippen molar-refractivity contribution >= 4 is 51.9 Å². The Morgan fingerprint density at radius 3 is 2.31 bits per heavy atom. The first kappa shape index (κ1) is 29.2. The monoisotopic (exact) mass is 584 g/mol. The van der Waals surface area contributed by atoms with Gasteiger partial charge in [0.2, 0.25) is 5.91 Å². The van der Waals surface area contributed by atoms with E-state index in [0.717, 1.165) is 40.1 Å². The lowest BCUT2D eigenvalue weighted by atomic mass is 10.2. The zero-order valence-electron chi connectivity index (χ0n) is 23.9. The van der Waals surface area contributed by atoms with Crippen molar-refractivity contribution in [1.82, 2.24) is 14.9 Å². The summed E-state index contributed by atoms with van der Waals surface area (Å²) in [6, 6.07) is 21.4. The summed E-state index contributed by atoms with van der Waals surface area (Å²) < 4.78 is 14.2. The lowest BCUT2D eigenvalue weighted by Gasteiger charge is -2.26. The van der Waals surface area contributed by atoms with Crippen LogP contribution in [0.3, 0.4) is 0 Å². The molecule has 1 aliphatic rings. The standard InChI is InChI=1S/C32H36N6O3S/c1-4-16-38(24-11-5-6-12-24)21-30(39)33-22-10-9-13-27(19-22)42-37-32-31(35-28-14-7-8-15-29(28)36-32)34-23-17-25(40-2)20-26(18-23)41-3/h4,7-10,13-15,17-20,24H,1,5-6,11-12,16,21H2,2-3H3,(H,33,39)(H,34,35)(H,36,37). The highest BCUT2D eigenvalue weighted by Gasteiger charge is 2.23. The van der Waals surface area contributed by atoms with Gasteiger partial charge in [-0.05, 0) is 55.1 Å². The number of fused-ring (bicyclic) bond motifs is 1. The zero-order chi connectivity index (χ0) is 29.3. The molecule has 1 heterocycles. The molecule has 0 aliphatic heterocycles. The van der Waals surface area contributed by atoms with Crippen molar-refractivity contribution in [2.24, 2.45) is 0 Å². The van der Waals surface area contributed by atoms with Gasteiger partial charge >= 0.3 is 0 Å². The van der Waals surface area contributed by atoms with E-state index in [1.54, 1.807) is 14.2 Å². The molecule has 5 rings (SSSR count). The average molecular weight is 585 g/mol. The normalized spacial score (nSPS) is 13.2. The van der Waals surface area contributed by atoms with Crippen molar-refractivity contribution in [1.29, 1.82) is 0 Å². The van der Waals surface area contributed by atoms with E-state index >= 15 is 0 Å². The van der Waals surface area contributed by atoms with Gasteiger partial charge in [0.15, 0.2) is 11.6 Å². The van der Waals surface area contributed by atoms with Crippen LogP contribution in [0.25, 0.3) is 11.0 Å². The fraction of sp³-hybridized carbons (Fsp3) is 0.281. The maximum atomic E-state index is 12.9. The number of rotatable bonds is 13. The minimum absolute atomic E-state index is 0.0283. The first-order valence-electron chi connectivity index (χ1n) is 14.0. The van der Waals surface area contributed by atoms with Crippen molar-refractivity contribution in [2.75, 3.05) is 42.7 Å². The molecule has 1 saturated carbocycles. The molecule has 1 fully saturated rings.